The largest absolute Gasteiger partial charge is 0.495 e. The topological polar surface area (TPSA) is 131 Å². The zero-order valence-electron chi connectivity index (χ0n) is 11.2. The fraction of sp³-hybridized carbons (Fsp3) is 0.455. The molecule has 1 aromatic carbocycles. The van der Waals surface area contributed by atoms with E-state index in [2.05, 4.69) is 4.72 Å². The molecule has 0 aliphatic carbocycles. The molecule has 114 valence electrons. The summed E-state index contributed by atoms with van der Waals surface area (Å²) in [7, 11) is -1.23. The third-order valence-corrected chi connectivity index (χ3v) is 3.97. The molecule has 0 radical (unpaired) electrons. The molecule has 20 heavy (non-hydrogen) atoms. The third kappa shape index (κ3) is 3.73. The zero-order valence-corrected chi connectivity index (χ0v) is 12.0. The van der Waals surface area contributed by atoms with Gasteiger partial charge in [0.25, 0.3) is 0 Å². The number of aliphatic hydroxyl groups is 2. The Balaban J connectivity index is 3.14. The minimum absolute atomic E-state index is 0.0574. The summed E-state index contributed by atoms with van der Waals surface area (Å²) >= 11 is 0. The number of nitrogens with one attached hydrogen (secondary N) is 1. The van der Waals surface area contributed by atoms with Crippen molar-refractivity contribution in [1.29, 1.82) is 0 Å². The predicted molar refractivity (Wildman–Crippen MR) is 72.2 cm³/mol. The van der Waals surface area contributed by atoms with Gasteiger partial charge in [-0.25, -0.2) is 13.1 Å². The van der Waals surface area contributed by atoms with Crippen LogP contribution >= 0.6 is 0 Å². The molecule has 5 N–H and O–H groups in total. The molecule has 0 saturated carbocycles. The van der Waals surface area contributed by atoms with Gasteiger partial charge in [-0.3, -0.25) is 0 Å². The summed E-state index contributed by atoms with van der Waals surface area (Å²) in [6.07, 6.45) is -1.19. The Morgan fingerprint density at radius 1 is 1.30 bits per heavy atom. The fourth-order valence-corrected chi connectivity index (χ4v) is 2.71. The summed E-state index contributed by atoms with van der Waals surface area (Å²) in [6, 6.07) is 2.55. The van der Waals surface area contributed by atoms with Crippen molar-refractivity contribution in [3.8, 4) is 11.5 Å². The monoisotopic (exact) mass is 306 g/mol. The number of hydrogen-bond acceptors (Lipinski definition) is 7. The van der Waals surface area contributed by atoms with Crippen LogP contribution in [0, 0.1) is 0 Å². The standard InChI is InChI=1S/C11H18N2O6S/c1-18-9-4-10(19-2)11(3-8(9)12)20(16,17)13-5-7(15)6-14/h3-4,7,13-15H,5-6,12H2,1-2H3. The first-order valence-electron chi connectivity index (χ1n) is 5.65. The summed E-state index contributed by atoms with van der Waals surface area (Å²) in [5.74, 6) is 0.346. The molecular formula is C11H18N2O6S. The van der Waals surface area contributed by atoms with Crippen LogP contribution in [0.4, 0.5) is 5.69 Å². The number of nitrogens with two attached hydrogens (primary N) is 1. The normalized spacial score (nSPS) is 13.0. The molecule has 0 aliphatic rings. The van der Waals surface area contributed by atoms with Crippen molar-refractivity contribution in [3.63, 3.8) is 0 Å². The molecule has 8 nitrogen and oxygen atoms in total. The lowest BCUT2D eigenvalue weighted by Crippen LogP contribution is -2.34. The smallest absolute Gasteiger partial charge is 0.244 e. The lowest BCUT2D eigenvalue weighted by atomic mass is 10.3. The Bertz CT molecular complexity index is 560. The number of hydrogen-bond donors (Lipinski definition) is 4. The number of ether oxygens (including phenoxy) is 2. The van der Waals surface area contributed by atoms with E-state index in [1.54, 1.807) is 0 Å². The molecule has 0 bridgehead atoms. The summed E-state index contributed by atoms with van der Waals surface area (Å²) in [5.41, 5.74) is 5.81. The Kier molecular flexibility index (Phi) is 5.57. The van der Waals surface area contributed by atoms with Gasteiger partial charge < -0.3 is 25.4 Å². The van der Waals surface area contributed by atoms with E-state index in [0.717, 1.165) is 0 Å². The third-order valence-electron chi connectivity index (χ3n) is 2.53. The molecular weight excluding hydrogens is 288 g/mol. The predicted octanol–water partition coefficient (Wildman–Crippen LogP) is -1.08. The maximum absolute atomic E-state index is 12.1. The Hall–Kier alpha value is -1.55. The van der Waals surface area contributed by atoms with E-state index in [9.17, 15) is 13.5 Å². The van der Waals surface area contributed by atoms with Crippen molar-refractivity contribution >= 4 is 15.7 Å². The van der Waals surface area contributed by atoms with E-state index in [-0.39, 0.29) is 28.6 Å². The van der Waals surface area contributed by atoms with Crippen LogP contribution in [0.3, 0.4) is 0 Å². The highest BCUT2D eigenvalue weighted by atomic mass is 32.2. The number of aliphatic hydroxyl groups excluding tert-OH is 2. The SMILES string of the molecule is COc1cc(OC)c(S(=O)(=O)NCC(O)CO)cc1N. The van der Waals surface area contributed by atoms with Crippen LogP contribution in [0.2, 0.25) is 0 Å². The van der Waals surface area contributed by atoms with Gasteiger partial charge in [-0.05, 0) is 6.07 Å². The molecule has 1 atom stereocenters. The van der Waals surface area contributed by atoms with Gasteiger partial charge in [0, 0.05) is 12.6 Å². The quantitative estimate of drug-likeness (QED) is 0.471. The van der Waals surface area contributed by atoms with Crippen LogP contribution in [-0.4, -0.2) is 52.1 Å². The number of nitrogen functional groups attached to an aromatic ring is 1. The average Bonchev–Trinajstić information content (AvgIpc) is 2.44. The highest BCUT2D eigenvalue weighted by Crippen LogP contribution is 2.33. The van der Waals surface area contributed by atoms with Crippen molar-refractivity contribution in [2.24, 2.45) is 0 Å². The zero-order chi connectivity index (χ0) is 15.3. The Morgan fingerprint density at radius 2 is 1.90 bits per heavy atom. The first-order chi connectivity index (χ1) is 9.35. The van der Waals surface area contributed by atoms with E-state index >= 15 is 0 Å². The van der Waals surface area contributed by atoms with Gasteiger partial charge in [0.1, 0.15) is 16.4 Å². The average molecular weight is 306 g/mol. The molecule has 0 spiro atoms. The first kappa shape index (κ1) is 16.5. The van der Waals surface area contributed by atoms with E-state index in [1.165, 1.54) is 26.4 Å². The lowest BCUT2D eigenvalue weighted by Gasteiger charge is -2.14. The van der Waals surface area contributed by atoms with Crippen LogP contribution in [0.25, 0.3) is 0 Å². The number of anilines is 1. The van der Waals surface area contributed by atoms with Gasteiger partial charge in [0.05, 0.1) is 32.6 Å². The van der Waals surface area contributed by atoms with E-state index in [1.807, 2.05) is 0 Å². The molecule has 1 rings (SSSR count). The van der Waals surface area contributed by atoms with Crippen LogP contribution in [0.5, 0.6) is 11.5 Å². The van der Waals surface area contributed by atoms with E-state index in [4.69, 9.17) is 20.3 Å². The van der Waals surface area contributed by atoms with Gasteiger partial charge in [-0.15, -0.1) is 0 Å². The lowest BCUT2D eigenvalue weighted by molar-refractivity contribution is 0.0988. The molecule has 1 aromatic rings. The summed E-state index contributed by atoms with van der Waals surface area (Å²) in [6.45, 7) is -0.877. The van der Waals surface area contributed by atoms with Gasteiger partial charge in [0.2, 0.25) is 10.0 Å². The number of sulfonamides is 1. The molecule has 0 amide bonds. The maximum Gasteiger partial charge on any atom is 0.244 e. The second kappa shape index (κ2) is 6.75. The van der Waals surface area contributed by atoms with E-state index in [0.29, 0.717) is 0 Å². The van der Waals surface area contributed by atoms with Crippen molar-refractivity contribution in [3.05, 3.63) is 12.1 Å². The van der Waals surface area contributed by atoms with Gasteiger partial charge in [-0.2, -0.15) is 0 Å². The van der Waals surface area contributed by atoms with Gasteiger partial charge in [-0.1, -0.05) is 0 Å². The van der Waals surface area contributed by atoms with Crippen molar-refractivity contribution in [2.75, 3.05) is 33.1 Å². The highest BCUT2D eigenvalue weighted by molar-refractivity contribution is 7.89. The second-order valence-electron chi connectivity index (χ2n) is 3.93. The van der Waals surface area contributed by atoms with Gasteiger partial charge >= 0.3 is 0 Å². The molecule has 1 unspecified atom stereocenters. The second-order valence-corrected chi connectivity index (χ2v) is 5.67. The molecule has 0 saturated heterocycles. The molecule has 0 aromatic heterocycles. The first-order valence-corrected chi connectivity index (χ1v) is 7.14. The summed E-state index contributed by atoms with van der Waals surface area (Å²) < 4.78 is 36.3. The van der Waals surface area contributed by atoms with E-state index < -0.39 is 22.7 Å². The van der Waals surface area contributed by atoms with Crippen molar-refractivity contribution in [2.45, 2.75) is 11.0 Å². The van der Waals surface area contributed by atoms with Crippen molar-refractivity contribution in [1.82, 2.24) is 4.72 Å². The minimum atomic E-state index is -3.94. The maximum atomic E-state index is 12.1. The highest BCUT2D eigenvalue weighted by Gasteiger charge is 2.22. The summed E-state index contributed by atoms with van der Waals surface area (Å²) in [5, 5.41) is 17.8. The van der Waals surface area contributed by atoms with Crippen LogP contribution < -0.4 is 19.9 Å². The van der Waals surface area contributed by atoms with Gasteiger partial charge in [0.15, 0.2) is 0 Å². The summed E-state index contributed by atoms with van der Waals surface area (Å²) in [4.78, 5) is -0.177. The molecule has 0 fully saturated rings. The number of methoxy groups -OCH3 is 2. The molecule has 0 aliphatic heterocycles. The van der Waals surface area contributed by atoms with Crippen LogP contribution in [0.1, 0.15) is 0 Å². The number of rotatable bonds is 7. The Labute approximate surface area is 117 Å². The minimum Gasteiger partial charge on any atom is -0.495 e. The van der Waals surface area contributed by atoms with Crippen LogP contribution in [-0.2, 0) is 10.0 Å². The molecule has 9 heteroatoms. The number of benzene rings is 1. The van der Waals surface area contributed by atoms with Crippen LogP contribution in [0.15, 0.2) is 17.0 Å². The van der Waals surface area contributed by atoms with Crippen molar-refractivity contribution < 1.29 is 28.1 Å². The Morgan fingerprint density at radius 3 is 2.40 bits per heavy atom. The fourth-order valence-electron chi connectivity index (χ4n) is 1.45. The molecule has 0 heterocycles.